The Morgan fingerprint density at radius 2 is 2.14 bits per heavy atom. The van der Waals surface area contributed by atoms with E-state index in [2.05, 4.69) is 0 Å². The van der Waals surface area contributed by atoms with Crippen LogP contribution >= 0.6 is 0 Å². The Labute approximate surface area is 124 Å². The molecule has 1 aromatic carbocycles. The van der Waals surface area contributed by atoms with Gasteiger partial charge in [0.05, 0.1) is 16.5 Å². The van der Waals surface area contributed by atoms with Crippen molar-refractivity contribution in [3.8, 4) is 6.07 Å². The number of nitriles is 1. The maximum Gasteiger partial charge on any atom is 0.243 e. The minimum absolute atomic E-state index is 0.0900. The molecule has 0 spiro atoms. The van der Waals surface area contributed by atoms with Crippen LogP contribution in [-0.4, -0.2) is 31.2 Å². The monoisotopic (exact) mass is 307 g/mol. The van der Waals surface area contributed by atoms with Gasteiger partial charge in [0.25, 0.3) is 0 Å². The number of benzene rings is 1. The van der Waals surface area contributed by atoms with Gasteiger partial charge in [0.15, 0.2) is 0 Å². The summed E-state index contributed by atoms with van der Waals surface area (Å²) in [4.78, 5) is 11.6. The first kappa shape index (κ1) is 15.5. The molecule has 0 saturated carbocycles. The van der Waals surface area contributed by atoms with Crippen LogP contribution in [0.3, 0.4) is 0 Å². The highest BCUT2D eigenvalue weighted by molar-refractivity contribution is 7.89. The topological polar surface area (TPSA) is 104 Å². The van der Waals surface area contributed by atoms with E-state index in [1.807, 2.05) is 6.07 Å². The molecule has 0 radical (unpaired) electrons. The predicted molar refractivity (Wildman–Crippen MR) is 76.6 cm³/mol. The summed E-state index contributed by atoms with van der Waals surface area (Å²) in [7, 11) is -3.78. The zero-order valence-corrected chi connectivity index (χ0v) is 12.6. The Kier molecular flexibility index (Phi) is 4.30. The van der Waals surface area contributed by atoms with Crippen molar-refractivity contribution >= 4 is 15.9 Å². The normalized spacial score (nSPS) is 19.9. The number of aryl methyl sites for hydroxylation is 1. The zero-order chi connectivity index (χ0) is 15.6. The molecule has 0 bridgehead atoms. The van der Waals surface area contributed by atoms with Crippen molar-refractivity contribution < 1.29 is 13.2 Å². The molecule has 1 aliphatic heterocycles. The lowest BCUT2D eigenvalue weighted by Crippen LogP contribution is -2.50. The molecule has 1 heterocycles. The molecule has 1 fully saturated rings. The Bertz CT molecular complexity index is 707. The van der Waals surface area contributed by atoms with Crippen LogP contribution in [0.2, 0.25) is 0 Å². The number of amides is 1. The highest BCUT2D eigenvalue weighted by atomic mass is 32.2. The van der Waals surface area contributed by atoms with Crippen molar-refractivity contribution in [3.05, 3.63) is 29.3 Å². The van der Waals surface area contributed by atoms with Crippen molar-refractivity contribution in [2.24, 2.45) is 5.73 Å². The molecule has 21 heavy (non-hydrogen) atoms. The van der Waals surface area contributed by atoms with Crippen molar-refractivity contribution in [1.29, 1.82) is 5.26 Å². The quantitative estimate of drug-likeness (QED) is 0.895. The van der Waals surface area contributed by atoms with E-state index in [9.17, 15) is 13.2 Å². The number of rotatable bonds is 3. The van der Waals surface area contributed by atoms with Crippen molar-refractivity contribution in [1.82, 2.24) is 4.31 Å². The van der Waals surface area contributed by atoms with Crippen molar-refractivity contribution in [2.45, 2.75) is 37.1 Å². The van der Waals surface area contributed by atoms with E-state index >= 15 is 0 Å². The number of carbonyl (C=O) groups is 1. The fraction of sp³-hybridized carbons (Fsp3) is 0.429. The molecular formula is C14H17N3O3S. The van der Waals surface area contributed by atoms with Crippen LogP contribution in [0.1, 0.15) is 30.4 Å². The first-order valence-corrected chi connectivity index (χ1v) is 8.14. The summed E-state index contributed by atoms with van der Waals surface area (Å²) in [5.74, 6) is -0.622. The molecule has 1 amide bonds. The largest absolute Gasteiger partial charge is 0.368 e. The predicted octanol–water partition coefficient (Wildman–Crippen LogP) is 0.895. The third-order valence-electron chi connectivity index (χ3n) is 3.71. The van der Waals surface area contributed by atoms with E-state index in [-0.39, 0.29) is 11.4 Å². The van der Waals surface area contributed by atoms with Gasteiger partial charge < -0.3 is 5.73 Å². The van der Waals surface area contributed by atoms with E-state index in [4.69, 9.17) is 11.0 Å². The number of sulfonamides is 1. The number of nitrogens with two attached hydrogens (primary N) is 1. The fourth-order valence-electron chi connectivity index (χ4n) is 2.53. The van der Waals surface area contributed by atoms with Crippen LogP contribution in [-0.2, 0) is 14.8 Å². The van der Waals surface area contributed by atoms with Crippen molar-refractivity contribution in [2.75, 3.05) is 6.54 Å². The Morgan fingerprint density at radius 3 is 2.71 bits per heavy atom. The number of hydrogen-bond donors (Lipinski definition) is 1. The van der Waals surface area contributed by atoms with Gasteiger partial charge in [0.2, 0.25) is 15.9 Å². The van der Waals surface area contributed by atoms with E-state index in [1.165, 1.54) is 22.5 Å². The molecular weight excluding hydrogens is 290 g/mol. The van der Waals surface area contributed by atoms with Gasteiger partial charge in [-0.25, -0.2) is 8.42 Å². The smallest absolute Gasteiger partial charge is 0.243 e. The van der Waals surface area contributed by atoms with Crippen LogP contribution in [0.25, 0.3) is 0 Å². The molecule has 7 heteroatoms. The van der Waals surface area contributed by atoms with Gasteiger partial charge in [-0.2, -0.15) is 9.57 Å². The van der Waals surface area contributed by atoms with Gasteiger partial charge in [-0.05, 0) is 43.5 Å². The van der Waals surface area contributed by atoms with Crippen LogP contribution in [0.5, 0.6) is 0 Å². The Morgan fingerprint density at radius 1 is 1.43 bits per heavy atom. The molecule has 1 unspecified atom stereocenters. The lowest BCUT2D eigenvalue weighted by molar-refractivity contribution is -0.122. The second kappa shape index (κ2) is 5.84. The highest BCUT2D eigenvalue weighted by Gasteiger charge is 2.36. The number of primary amides is 1. The van der Waals surface area contributed by atoms with E-state index in [1.54, 1.807) is 6.92 Å². The zero-order valence-electron chi connectivity index (χ0n) is 11.7. The maximum absolute atomic E-state index is 12.7. The molecule has 1 aromatic rings. The standard InChI is InChI=1S/C14H17N3O3S/c1-10-8-12(6-5-11(10)9-15)21(19,20)17-7-3-2-4-13(17)14(16)18/h5-6,8,13H,2-4,7H2,1H3,(H2,16,18). The molecule has 6 nitrogen and oxygen atoms in total. The molecule has 0 aromatic heterocycles. The summed E-state index contributed by atoms with van der Waals surface area (Å²) in [5, 5.41) is 8.90. The van der Waals surface area contributed by atoms with E-state index < -0.39 is 22.0 Å². The number of hydrogen-bond acceptors (Lipinski definition) is 4. The third-order valence-corrected chi connectivity index (χ3v) is 5.61. The summed E-state index contributed by atoms with van der Waals surface area (Å²) in [6.45, 7) is 1.97. The van der Waals surface area contributed by atoms with Crippen LogP contribution in [0.15, 0.2) is 23.1 Å². The number of carbonyl (C=O) groups excluding carboxylic acids is 1. The van der Waals surface area contributed by atoms with Crippen LogP contribution in [0, 0.1) is 18.3 Å². The average Bonchev–Trinajstić information content (AvgIpc) is 2.47. The SMILES string of the molecule is Cc1cc(S(=O)(=O)N2CCCCC2C(N)=O)ccc1C#N. The van der Waals surface area contributed by atoms with Gasteiger partial charge >= 0.3 is 0 Å². The molecule has 2 rings (SSSR count). The van der Waals surface area contributed by atoms with Crippen molar-refractivity contribution in [3.63, 3.8) is 0 Å². The molecule has 112 valence electrons. The summed E-state index contributed by atoms with van der Waals surface area (Å²) in [5.41, 5.74) is 6.34. The van der Waals surface area contributed by atoms with E-state index in [0.717, 1.165) is 6.42 Å². The lowest BCUT2D eigenvalue weighted by Gasteiger charge is -2.32. The molecule has 2 N–H and O–H groups in total. The van der Waals surface area contributed by atoms with E-state index in [0.29, 0.717) is 24.0 Å². The second-order valence-electron chi connectivity index (χ2n) is 5.12. The molecule has 0 aliphatic carbocycles. The van der Waals surface area contributed by atoms with Gasteiger partial charge in [-0.3, -0.25) is 4.79 Å². The Balaban J connectivity index is 2.43. The number of piperidine rings is 1. The highest BCUT2D eigenvalue weighted by Crippen LogP contribution is 2.26. The van der Waals surface area contributed by atoms with Crippen LogP contribution in [0.4, 0.5) is 0 Å². The fourth-order valence-corrected chi connectivity index (χ4v) is 4.28. The molecule has 1 aliphatic rings. The first-order valence-electron chi connectivity index (χ1n) is 6.70. The van der Waals surface area contributed by atoms with Crippen LogP contribution < -0.4 is 5.73 Å². The summed E-state index contributed by atoms with van der Waals surface area (Å²) < 4.78 is 26.6. The second-order valence-corrected chi connectivity index (χ2v) is 7.01. The van der Waals surface area contributed by atoms with Gasteiger partial charge in [-0.1, -0.05) is 6.42 Å². The van der Waals surface area contributed by atoms with Gasteiger partial charge in [0.1, 0.15) is 6.04 Å². The molecule has 1 atom stereocenters. The maximum atomic E-state index is 12.7. The van der Waals surface area contributed by atoms with Gasteiger partial charge in [0, 0.05) is 6.54 Å². The summed E-state index contributed by atoms with van der Waals surface area (Å²) in [6.07, 6.45) is 1.94. The number of nitrogens with zero attached hydrogens (tertiary/aromatic N) is 2. The third kappa shape index (κ3) is 2.91. The molecule has 1 saturated heterocycles. The average molecular weight is 307 g/mol. The first-order chi connectivity index (χ1) is 9.87. The summed E-state index contributed by atoms with van der Waals surface area (Å²) >= 11 is 0. The summed E-state index contributed by atoms with van der Waals surface area (Å²) in [6, 6.07) is 5.54. The minimum Gasteiger partial charge on any atom is -0.368 e. The van der Waals surface area contributed by atoms with Gasteiger partial charge in [-0.15, -0.1) is 0 Å². The minimum atomic E-state index is -3.78. The lowest BCUT2D eigenvalue weighted by atomic mass is 10.0. The Hall–Kier alpha value is -1.91.